The molecule has 0 aliphatic carbocycles. The first-order chi connectivity index (χ1) is 13.5. The fourth-order valence-corrected chi connectivity index (χ4v) is 4.32. The summed E-state index contributed by atoms with van der Waals surface area (Å²) in [5.41, 5.74) is 0.0132. The fraction of sp³-hybridized carbons (Fsp3) is 0.696. The molecule has 5 nitrogen and oxygen atoms in total. The molecule has 2 aliphatic heterocycles. The smallest absolute Gasteiger partial charge is 0.412 e. The van der Waals surface area contributed by atoms with Crippen LogP contribution >= 0.6 is 0 Å². The second-order valence-corrected chi connectivity index (χ2v) is 9.84. The molecule has 6 heteroatoms. The van der Waals surface area contributed by atoms with E-state index in [-0.39, 0.29) is 18.0 Å². The van der Waals surface area contributed by atoms with Gasteiger partial charge in [0.05, 0.1) is 12.6 Å². The van der Waals surface area contributed by atoms with Gasteiger partial charge < -0.3 is 14.4 Å². The van der Waals surface area contributed by atoms with E-state index in [1.165, 1.54) is 17.7 Å². The number of carbonyl (C=O) groups excluding carboxylic acids is 1. The molecule has 2 fully saturated rings. The highest BCUT2D eigenvalue weighted by molar-refractivity contribution is 5.69. The normalized spacial score (nSPS) is 23.4. The van der Waals surface area contributed by atoms with Gasteiger partial charge in [0.1, 0.15) is 17.1 Å². The summed E-state index contributed by atoms with van der Waals surface area (Å²) in [5.74, 6) is 0.440. The summed E-state index contributed by atoms with van der Waals surface area (Å²) in [6.07, 6.45) is 2.91. The summed E-state index contributed by atoms with van der Waals surface area (Å²) < 4.78 is 24.6. The van der Waals surface area contributed by atoms with Crippen LogP contribution in [0.15, 0.2) is 24.3 Å². The number of ether oxygens (including phenoxy) is 2. The van der Waals surface area contributed by atoms with E-state index >= 15 is 0 Å². The van der Waals surface area contributed by atoms with Gasteiger partial charge in [-0.25, -0.2) is 9.18 Å². The third kappa shape index (κ3) is 5.92. The minimum absolute atomic E-state index is 0.00602. The van der Waals surface area contributed by atoms with Crippen molar-refractivity contribution in [2.45, 2.75) is 71.2 Å². The summed E-state index contributed by atoms with van der Waals surface area (Å²) in [7, 11) is 0. The summed E-state index contributed by atoms with van der Waals surface area (Å²) in [6, 6.07) is 6.85. The second kappa shape index (κ2) is 8.60. The number of benzene rings is 1. The maximum atomic E-state index is 13.1. The van der Waals surface area contributed by atoms with Crippen molar-refractivity contribution in [1.29, 1.82) is 0 Å². The van der Waals surface area contributed by atoms with Crippen LogP contribution in [0, 0.1) is 11.7 Å². The molecule has 0 N–H and O–H groups in total. The molecule has 1 amide bonds. The van der Waals surface area contributed by atoms with Crippen molar-refractivity contribution in [3.8, 4) is 0 Å². The average Bonchev–Trinajstić information content (AvgIpc) is 2.91. The van der Waals surface area contributed by atoms with E-state index < -0.39 is 11.3 Å². The highest BCUT2D eigenvalue weighted by Crippen LogP contribution is 2.31. The fourth-order valence-electron chi connectivity index (χ4n) is 4.32. The lowest BCUT2D eigenvalue weighted by Crippen LogP contribution is -2.53. The number of piperidine rings is 1. The van der Waals surface area contributed by atoms with Gasteiger partial charge in [0.15, 0.2) is 0 Å². The van der Waals surface area contributed by atoms with E-state index in [0.717, 1.165) is 38.9 Å². The lowest BCUT2D eigenvalue weighted by molar-refractivity contribution is -0.0635. The molecule has 1 aromatic rings. The van der Waals surface area contributed by atoms with Gasteiger partial charge in [-0.1, -0.05) is 12.1 Å². The predicted octanol–water partition coefficient (Wildman–Crippen LogP) is 4.45. The van der Waals surface area contributed by atoms with Crippen LogP contribution in [0.25, 0.3) is 0 Å². The number of amides is 1. The Kier molecular flexibility index (Phi) is 6.54. The van der Waals surface area contributed by atoms with Gasteiger partial charge >= 0.3 is 6.09 Å². The largest absolute Gasteiger partial charge is 0.444 e. The topological polar surface area (TPSA) is 42.0 Å². The van der Waals surface area contributed by atoms with Gasteiger partial charge in [0.2, 0.25) is 0 Å². The Balaban J connectivity index is 1.53. The van der Waals surface area contributed by atoms with Crippen LogP contribution in [0.3, 0.4) is 0 Å². The number of hydrogen-bond acceptors (Lipinski definition) is 4. The zero-order chi connectivity index (χ0) is 21.2. The maximum Gasteiger partial charge on any atom is 0.412 e. The lowest BCUT2D eigenvalue weighted by atomic mass is 9.90. The monoisotopic (exact) mass is 406 g/mol. The van der Waals surface area contributed by atoms with Crippen molar-refractivity contribution in [3.63, 3.8) is 0 Å². The highest BCUT2D eigenvalue weighted by atomic mass is 19.1. The van der Waals surface area contributed by atoms with Gasteiger partial charge in [0.25, 0.3) is 0 Å². The molecule has 162 valence electrons. The summed E-state index contributed by atoms with van der Waals surface area (Å²) in [4.78, 5) is 17.0. The molecule has 0 saturated carbocycles. The van der Waals surface area contributed by atoms with E-state index in [0.29, 0.717) is 12.5 Å². The van der Waals surface area contributed by atoms with Gasteiger partial charge in [-0.2, -0.15) is 0 Å². The SMILES string of the molecule is CC(C)(C)OC(=O)N1[C@@H](CN2CCC(Cc3ccc(F)cc3)CC2)COC1(C)C. The quantitative estimate of drug-likeness (QED) is 0.741. The zero-order valence-electron chi connectivity index (χ0n) is 18.4. The van der Waals surface area contributed by atoms with E-state index in [4.69, 9.17) is 9.47 Å². The number of halogens is 1. The summed E-state index contributed by atoms with van der Waals surface area (Å²) in [5, 5.41) is 0. The van der Waals surface area contributed by atoms with Gasteiger partial charge in [-0.3, -0.25) is 4.90 Å². The Morgan fingerprint density at radius 3 is 2.41 bits per heavy atom. The van der Waals surface area contributed by atoms with Crippen molar-refractivity contribution in [1.82, 2.24) is 9.80 Å². The molecule has 3 rings (SSSR count). The Morgan fingerprint density at radius 1 is 1.21 bits per heavy atom. The van der Waals surface area contributed by atoms with Crippen molar-refractivity contribution in [2.75, 3.05) is 26.2 Å². The molecule has 29 heavy (non-hydrogen) atoms. The minimum Gasteiger partial charge on any atom is -0.444 e. The van der Waals surface area contributed by atoms with Crippen LogP contribution in [0.4, 0.5) is 9.18 Å². The predicted molar refractivity (Wildman–Crippen MR) is 111 cm³/mol. The number of rotatable bonds is 4. The van der Waals surface area contributed by atoms with E-state index in [1.54, 1.807) is 4.90 Å². The summed E-state index contributed by atoms with van der Waals surface area (Å²) in [6.45, 7) is 12.8. The molecule has 1 atom stereocenters. The maximum absolute atomic E-state index is 13.1. The van der Waals surface area contributed by atoms with Crippen molar-refractivity contribution in [2.24, 2.45) is 5.92 Å². The molecule has 2 heterocycles. The van der Waals surface area contributed by atoms with Crippen molar-refractivity contribution >= 4 is 6.09 Å². The van der Waals surface area contributed by atoms with E-state index in [2.05, 4.69) is 4.90 Å². The minimum atomic E-state index is -0.659. The number of carbonyl (C=O) groups is 1. The number of nitrogens with zero attached hydrogens (tertiary/aromatic N) is 2. The third-order valence-corrected chi connectivity index (χ3v) is 5.78. The highest BCUT2D eigenvalue weighted by Gasteiger charge is 2.46. The van der Waals surface area contributed by atoms with Crippen molar-refractivity contribution in [3.05, 3.63) is 35.6 Å². The molecule has 0 bridgehead atoms. The number of hydrogen-bond donors (Lipinski definition) is 0. The standard InChI is InChI=1S/C23H35FN2O3/c1-22(2,3)29-21(27)26-20(16-28-23(26,4)5)15-25-12-10-18(11-13-25)14-17-6-8-19(24)9-7-17/h6-9,18,20H,10-16H2,1-5H3/t20-/m0/s1. The first-order valence-electron chi connectivity index (χ1n) is 10.7. The third-order valence-electron chi connectivity index (χ3n) is 5.78. The molecular formula is C23H35FN2O3. The Morgan fingerprint density at radius 2 is 1.83 bits per heavy atom. The van der Waals surface area contributed by atoms with E-state index in [9.17, 15) is 9.18 Å². The van der Waals surface area contributed by atoms with E-state index in [1.807, 2.05) is 46.8 Å². The molecule has 0 spiro atoms. The Hall–Kier alpha value is -1.66. The van der Waals surface area contributed by atoms with Crippen LogP contribution in [0.1, 0.15) is 53.0 Å². The number of likely N-dealkylation sites (tertiary alicyclic amines) is 1. The van der Waals surface area contributed by atoms with Crippen LogP contribution in [-0.2, 0) is 15.9 Å². The van der Waals surface area contributed by atoms with Crippen molar-refractivity contribution < 1.29 is 18.7 Å². The van der Waals surface area contributed by atoms with Gasteiger partial charge in [-0.05, 0) is 90.6 Å². The molecule has 0 radical (unpaired) electrons. The molecule has 2 saturated heterocycles. The second-order valence-electron chi connectivity index (χ2n) is 9.84. The van der Waals surface area contributed by atoms with Crippen LogP contribution in [-0.4, -0.2) is 59.5 Å². The van der Waals surface area contributed by atoms with Crippen LogP contribution in [0.5, 0.6) is 0 Å². The van der Waals surface area contributed by atoms with Crippen LogP contribution in [0.2, 0.25) is 0 Å². The van der Waals surface area contributed by atoms with Gasteiger partial charge in [0, 0.05) is 6.54 Å². The molecule has 0 aromatic heterocycles. The average molecular weight is 407 g/mol. The van der Waals surface area contributed by atoms with Crippen LogP contribution < -0.4 is 0 Å². The lowest BCUT2D eigenvalue weighted by Gasteiger charge is -2.38. The molecular weight excluding hydrogens is 371 g/mol. The first-order valence-corrected chi connectivity index (χ1v) is 10.7. The molecule has 1 aromatic carbocycles. The van der Waals surface area contributed by atoms with Gasteiger partial charge in [-0.15, -0.1) is 0 Å². The molecule has 2 aliphatic rings. The first kappa shape index (κ1) is 22.0. The Bertz CT molecular complexity index is 691. The Labute approximate surface area is 174 Å². The molecule has 0 unspecified atom stereocenters. The zero-order valence-corrected chi connectivity index (χ0v) is 18.4. The summed E-state index contributed by atoms with van der Waals surface area (Å²) >= 11 is 0.